The monoisotopic (exact) mass is 240 g/mol. The Morgan fingerprint density at radius 2 is 2.22 bits per heavy atom. The highest BCUT2D eigenvalue weighted by atomic mass is 15.1. The molecule has 18 heavy (non-hydrogen) atoms. The van der Waals surface area contributed by atoms with Crippen molar-refractivity contribution in [3.8, 4) is 0 Å². The number of aryl methyl sites for hydroxylation is 3. The predicted molar refractivity (Wildman–Crippen MR) is 75.0 cm³/mol. The van der Waals surface area contributed by atoms with E-state index in [4.69, 9.17) is 0 Å². The molecule has 1 unspecified atom stereocenters. The Bertz CT molecular complexity index is 603. The van der Waals surface area contributed by atoms with Crippen LogP contribution in [0.4, 0.5) is 0 Å². The Morgan fingerprint density at radius 3 is 3.06 bits per heavy atom. The Morgan fingerprint density at radius 1 is 1.28 bits per heavy atom. The SMILES string of the molecule is Cc1c(C2CCCN2)n2c3c(cccc13)CCC2. The first-order chi connectivity index (χ1) is 8.86. The smallest absolute Gasteiger partial charge is 0.0518 e. The van der Waals surface area contributed by atoms with Gasteiger partial charge in [-0.1, -0.05) is 18.2 Å². The van der Waals surface area contributed by atoms with E-state index in [1.165, 1.54) is 55.2 Å². The molecule has 2 nitrogen and oxygen atoms in total. The molecular weight excluding hydrogens is 220 g/mol. The minimum Gasteiger partial charge on any atom is -0.343 e. The van der Waals surface area contributed by atoms with Crippen molar-refractivity contribution in [2.24, 2.45) is 0 Å². The molecular formula is C16H20N2. The number of para-hydroxylation sites is 1. The van der Waals surface area contributed by atoms with E-state index in [-0.39, 0.29) is 0 Å². The van der Waals surface area contributed by atoms with E-state index in [2.05, 4.69) is 35.0 Å². The maximum atomic E-state index is 3.67. The zero-order valence-corrected chi connectivity index (χ0v) is 11.0. The van der Waals surface area contributed by atoms with Crippen molar-refractivity contribution in [2.45, 2.75) is 45.2 Å². The number of hydrogen-bond acceptors (Lipinski definition) is 1. The summed E-state index contributed by atoms with van der Waals surface area (Å²) in [7, 11) is 0. The summed E-state index contributed by atoms with van der Waals surface area (Å²) >= 11 is 0. The average molecular weight is 240 g/mol. The van der Waals surface area contributed by atoms with Gasteiger partial charge in [0.25, 0.3) is 0 Å². The Labute approximate surface area is 108 Å². The van der Waals surface area contributed by atoms with Crippen molar-refractivity contribution in [1.29, 1.82) is 0 Å². The van der Waals surface area contributed by atoms with Gasteiger partial charge in [-0.25, -0.2) is 0 Å². The second kappa shape index (κ2) is 3.86. The fourth-order valence-electron chi connectivity index (χ4n) is 3.90. The van der Waals surface area contributed by atoms with E-state index in [9.17, 15) is 0 Å². The molecule has 1 fully saturated rings. The molecule has 0 radical (unpaired) electrons. The van der Waals surface area contributed by atoms with Gasteiger partial charge in [0.15, 0.2) is 0 Å². The summed E-state index contributed by atoms with van der Waals surface area (Å²) in [5.74, 6) is 0. The number of nitrogens with zero attached hydrogens (tertiary/aromatic N) is 1. The lowest BCUT2D eigenvalue weighted by molar-refractivity contribution is 0.544. The van der Waals surface area contributed by atoms with Gasteiger partial charge in [0.1, 0.15) is 0 Å². The third kappa shape index (κ3) is 1.33. The molecule has 1 N–H and O–H groups in total. The van der Waals surface area contributed by atoms with Crippen LogP contribution in [0, 0.1) is 6.92 Å². The van der Waals surface area contributed by atoms with Crippen LogP contribution in [0.5, 0.6) is 0 Å². The summed E-state index contributed by atoms with van der Waals surface area (Å²) in [6.07, 6.45) is 5.16. The lowest BCUT2D eigenvalue weighted by atomic mass is 10.0. The molecule has 1 aromatic carbocycles. The lowest BCUT2D eigenvalue weighted by Gasteiger charge is -2.21. The summed E-state index contributed by atoms with van der Waals surface area (Å²) in [6, 6.07) is 7.42. The molecule has 2 aliphatic heterocycles. The molecule has 94 valence electrons. The van der Waals surface area contributed by atoms with Crippen LogP contribution in [0.2, 0.25) is 0 Å². The van der Waals surface area contributed by atoms with Crippen molar-refractivity contribution in [2.75, 3.05) is 6.54 Å². The molecule has 1 saturated heterocycles. The lowest BCUT2D eigenvalue weighted by Crippen LogP contribution is -2.19. The van der Waals surface area contributed by atoms with Crippen LogP contribution in [-0.2, 0) is 13.0 Å². The summed E-state index contributed by atoms with van der Waals surface area (Å²) in [5, 5.41) is 5.15. The molecule has 2 aromatic rings. The Balaban J connectivity index is 2.02. The Kier molecular flexibility index (Phi) is 2.28. The van der Waals surface area contributed by atoms with E-state index in [1.807, 2.05) is 0 Å². The molecule has 1 atom stereocenters. The second-order valence-electron chi connectivity index (χ2n) is 5.73. The van der Waals surface area contributed by atoms with E-state index in [0.717, 1.165) is 0 Å². The highest BCUT2D eigenvalue weighted by Gasteiger charge is 2.26. The zero-order valence-electron chi connectivity index (χ0n) is 11.0. The number of rotatable bonds is 1. The molecule has 0 bridgehead atoms. The Hall–Kier alpha value is -1.28. The number of hydrogen-bond donors (Lipinski definition) is 1. The molecule has 1 aromatic heterocycles. The maximum absolute atomic E-state index is 3.67. The van der Waals surface area contributed by atoms with Crippen LogP contribution in [0.1, 0.15) is 42.1 Å². The van der Waals surface area contributed by atoms with Gasteiger partial charge in [-0.05, 0) is 50.3 Å². The van der Waals surface area contributed by atoms with Gasteiger partial charge in [-0.2, -0.15) is 0 Å². The van der Waals surface area contributed by atoms with Crippen LogP contribution in [0.25, 0.3) is 10.9 Å². The van der Waals surface area contributed by atoms with Gasteiger partial charge >= 0.3 is 0 Å². The summed E-state index contributed by atoms with van der Waals surface area (Å²) in [4.78, 5) is 0. The second-order valence-corrected chi connectivity index (χ2v) is 5.73. The zero-order chi connectivity index (χ0) is 12.1. The molecule has 0 aliphatic carbocycles. The highest BCUT2D eigenvalue weighted by molar-refractivity contribution is 5.88. The number of benzene rings is 1. The van der Waals surface area contributed by atoms with Crippen LogP contribution < -0.4 is 5.32 Å². The van der Waals surface area contributed by atoms with E-state index in [0.29, 0.717) is 6.04 Å². The molecule has 4 rings (SSSR count). The molecule has 2 aliphatic rings. The minimum atomic E-state index is 0.586. The van der Waals surface area contributed by atoms with Crippen molar-refractivity contribution in [1.82, 2.24) is 9.88 Å². The first-order valence-corrected chi connectivity index (χ1v) is 7.20. The number of nitrogens with one attached hydrogen (secondary N) is 1. The average Bonchev–Trinajstić information content (AvgIpc) is 3.00. The summed E-state index contributed by atoms with van der Waals surface area (Å²) < 4.78 is 2.60. The molecule has 3 heterocycles. The standard InChI is InChI=1S/C16H20N2/c1-11-13-7-2-5-12-6-4-10-18(16(12)13)15(11)14-8-3-9-17-14/h2,5,7,14,17H,3-4,6,8-10H2,1H3. The van der Waals surface area contributed by atoms with Gasteiger partial charge in [-0.15, -0.1) is 0 Å². The topological polar surface area (TPSA) is 17.0 Å². The van der Waals surface area contributed by atoms with Gasteiger partial charge < -0.3 is 9.88 Å². The summed E-state index contributed by atoms with van der Waals surface area (Å²) in [5.41, 5.74) is 6.14. The quantitative estimate of drug-likeness (QED) is 0.809. The highest BCUT2D eigenvalue weighted by Crippen LogP contribution is 2.37. The summed E-state index contributed by atoms with van der Waals surface area (Å²) in [6.45, 7) is 4.69. The van der Waals surface area contributed by atoms with Crippen LogP contribution in [0.15, 0.2) is 18.2 Å². The van der Waals surface area contributed by atoms with Gasteiger partial charge in [-0.3, -0.25) is 0 Å². The minimum absolute atomic E-state index is 0.586. The third-order valence-corrected chi connectivity index (χ3v) is 4.69. The normalized spacial score (nSPS) is 22.8. The van der Waals surface area contributed by atoms with Gasteiger partial charge in [0.05, 0.1) is 5.52 Å². The first kappa shape index (κ1) is 10.6. The van der Waals surface area contributed by atoms with Gasteiger partial charge in [0.2, 0.25) is 0 Å². The predicted octanol–water partition coefficient (Wildman–Crippen LogP) is 3.32. The van der Waals surface area contributed by atoms with Crippen molar-refractivity contribution in [3.05, 3.63) is 35.0 Å². The van der Waals surface area contributed by atoms with Gasteiger partial charge in [0, 0.05) is 23.7 Å². The van der Waals surface area contributed by atoms with Crippen molar-refractivity contribution < 1.29 is 0 Å². The number of aromatic nitrogens is 1. The molecule has 0 amide bonds. The molecule has 2 heteroatoms. The first-order valence-electron chi connectivity index (χ1n) is 7.20. The van der Waals surface area contributed by atoms with E-state index >= 15 is 0 Å². The van der Waals surface area contributed by atoms with Crippen LogP contribution in [-0.4, -0.2) is 11.1 Å². The fourth-order valence-corrected chi connectivity index (χ4v) is 3.90. The third-order valence-electron chi connectivity index (χ3n) is 4.69. The fraction of sp³-hybridized carbons (Fsp3) is 0.500. The van der Waals surface area contributed by atoms with Crippen molar-refractivity contribution in [3.63, 3.8) is 0 Å². The van der Waals surface area contributed by atoms with Crippen LogP contribution in [0.3, 0.4) is 0 Å². The molecule has 0 spiro atoms. The maximum Gasteiger partial charge on any atom is 0.0518 e. The van der Waals surface area contributed by atoms with Crippen molar-refractivity contribution >= 4 is 10.9 Å². The van der Waals surface area contributed by atoms with E-state index in [1.54, 1.807) is 11.3 Å². The largest absolute Gasteiger partial charge is 0.343 e. The van der Waals surface area contributed by atoms with E-state index < -0.39 is 0 Å². The van der Waals surface area contributed by atoms with Crippen LogP contribution >= 0.6 is 0 Å². The molecule has 0 saturated carbocycles.